The van der Waals surface area contributed by atoms with Gasteiger partial charge in [0.1, 0.15) is 12.0 Å². The monoisotopic (exact) mass is 267 g/mol. The normalized spacial score (nSPS) is 23.0. The van der Waals surface area contributed by atoms with Crippen molar-refractivity contribution >= 4 is 18.0 Å². The molecule has 1 aliphatic rings. The van der Waals surface area contributed by atoms with Gasteiger partial charge in [0.25, 0.3) is 0 Å². The molecule has 0 spiro atoms. The maximum absolute atomic E-state index is 12.0. The smallest absolute Gasteiger partial charge is 0.317 e. The Morgan fingerprint density at radius 3 is 2.89 bits per heavy atom. The number of allylic oxidation sites excluding steroid dienone is 1. The summed E-state index contributed by atoms with van der Waals surface area (Å²) in [6.07, 6.45) is 3.65. The van der Waals surface area contributed by atoms with E-state index in [1.165, 1.54) is 0 Å². The Morgan fingerprint density at radius 1 is 1.63 bits per heavy atom. The fourth-order valence-electron chi connectivity index (χ4n) is 2.18. The number of amides is 2. The minimum atomic E-state index is -0.203. The van der Waals surface area contributed by atoms with Crippen LogP contribution < -0.4 is 5.32 Å². The van der Waals surface area contributed by atoms with Crippen LogP contribution in [0.1, 0.15) is 19.8 Å². The van der Waals surface area contributed by atoms with Crippen LogP contribution in [-0.4, -0.2) is 56.2 Å². The zero-order chi connectivity index (χ0) is 14.3. The lowest BCUT2D eigenvalue weighted by Crippen LogP contribution is -2.51. The average Bonchev–Trinajstić information content (AvgIpc) is 2.46. The molecular weight excluding hydrogens is 246 g/mol. The van der Waals surface area contributed by atoms with Crippen LogP contribution in [0.25, 0.3) is 0 Å². The average molecular weight is 267 g/mol. The molecule has 106 valence electrons. The van der Waals surface area contributed by atoms with Crippen molar-refractivity contribution in [2.75, 3.05) is 27.2 Å². The molecule has 19 heavy (non-hydrogen) atoms. The maximum atomic E-state index is 12.0. The van der Waals surface area contributed by atoms with Crippen LogP contribution in [0.5, 0.6) is 0 Å². The van der Waals surface area contributed by atoms with Crippen molar-refractivity contribution < 1.29 is 14.3 Å². The number of ether oxygens (including phenoxy) is 1. The van der Waals surface area contributed by atoms with E-state index >= 15 is 0 Å². The molecule has 1 aliphatic heterocycles. The molecule has 0 radical (unpaired) electrons. The highest BCUT2D eigenvalue weighted by Crippen LogP contribution is 2.20. The van der Waals surface area contributed by atoms with Crippen molar-refractivity contribution in [1.29, 1.82) is 0 Å². The van der Waals surface area contributed by atoms with Gasteiger partial charge < -0.3 is 19.7 Å². The second kappa shape index (κ2) is 7.56. The summed E-state index contributed by atoms with van der Waals surface area (Å²) in [4.78, 5) is 28.4. The van der Waals surface area contributed by atoms with Gasteiger partial charge in [0, 0.05) is 33.5 Å². The predicted molar refractivity (Wildman–Crippen MR) is 73.3 cm³/mol. The van der Waals surface area contributed by atoms with Gasteiger partial charge in [0.2, 0.25) is 0 Å². The molecule has 1 saturated heterocycles. The molecule has 0 aromatic rings. The van der Waals surface area contributed by atoms with Crippen LogP contribution in [0.4, 0.5) is 4.79 Å². The first kappa shape index (κ1) is 15.2. The van der Waals surface area contributed by atoms with E-state index in [0.29, 0.717) is 31.8 Å². The van der Waals surface area contributed by atoms with Gasteiger partial charge in [0.15, 0.2) is 0 Å². The zero-order valence-corrected chi connectivity index (χ0v) is 11.7. The van der Waals surface area contributed by atoms with Crippen molar-refractivity contribution in [3.05, 3.63) is 11.8 Å². The summed E-state index contributed by atoms with van der Waals surface area (Å²) in [6, 6.07) is -0.352. The Balaban J connectivity index is 2.98. The van der Waals surface area contributed by atoms with E-state index in [1.807, 2.05) is 13.0 Å². The number of carbonyl (C=O) groups is 2. The molecule has 1 rings (SSSR count). The third-order valence-corrected chi connectivity index (χ3v) is 3.06. The number of urea groups is 1. The summed E-state index contributed by atoms with van der Waals surface area (Å²) in [6.45, 7) is 2.79. The van der Waals surface area contributed by atoms with Gasteiger partial charge in [-0.3, -0.25) is 4.99 Å². The topological polar surface area (TPSA) is 71.0 Å². The molecule has 2 amide bonds. The number of hydrogen-bond donors (Lipinski definition) is 1. The van der Waals surface area contributed by atoms with Crippen molar-refractivity contribution in [1.82, 2.24) is 10.2 Å². The van der Waals surface area contributed by atoms with E-state index in [0.717, 1.165) is 12.0 Å². The Bertz CT molecular complexity index is 391. The van der Waals surface area contributed by atoms with Crippen molar-refractivity contribution in [3.63, 3.8) is 0 Å². The second-order valence-corrected chi connectivity index (χ2v) is 4.12. The maximum Gasteiger partial charge on any atom is 0.317 e. The molecule has 1 heterocycles. The van der Waals surface area contributed by atoms with Crippen LogP contribution in [0.3, 0.4) is 0 Å². The molecule has 0 aromatic carbocycles. The Labute approximate surface area is 113 Å². The fraction of sp³-hybridized carbons (Fsp3) is 0.615. The molecule has 0 aromatic heterocycles. The fourth-order valence-corrected chi connectivity index (χ4v) is 2.18. The molecule has 6 nitrogen and oxygen atoms in total. The van der Waals surface area contributed by atoms with Crippen LogP contribution in [-0.2, 0) is 9.53 Å². The molecule has 1 fully saturated rings. The van der Waals surface area contributed by atoms with E-state index < -0.39 is 0 Å². The van der Waals surface area contributed by atoms with Gasteiger partial charge in [-0.25, -0.2) is 4.79 Å². The second-order valence-electron chi connectivity index (χ2n) is 4.12. The third kappa shape index (κ3) is 3.56. The van der Waals surface area contributed by atoms with E-state index in [1.54, 1.807) is 19.0 Å². The first-order chi connectivity index (χ1) is 9.19. The molecule has 0 bridgehead atoms. The molecule has 1 atom stereocenters. The summed E-state index contributed by atoms with van der Waals surface area (Å²) in [5.74, 6) is 0.707. The van der Waals surface area contributed by atoms with E-state index in [9.17, 15) is 9.59 Å². The quantitative estimate of drug-likeness (QED) is 0.772. The summed E-state index contributed by atoms with van der Waals surface area (Å²) in [5.41, 5.74) is 0.753. The Kier molecular flexibility index (Phi) is 6.05. The van der Waals surface area contributed by atoms with Gasteiger partial charge in [-0.1, -0.05) is 0 Å². The Hall–Kier alpha value is -1.85. The third-order valence-electron chi connectivity index (χ3n) is 3.06. The zero-order valence-electron chi connectivity index (χ0n) is 11.7. The molecule has 0 saturated carbocycles. The number of rotatable bonds is 4. The van der Waals surface area contributed by atoms with Gasteiger partial charge in [-0.15, -0.1) is 0 Å². The number of nitrogens with one attached hydrogen (secondary N) is 1. The molecule has 1 unspecified atom stereocenters. The van der Waals surface area contributed by atoms with E-state index in [-0.39, 0.29) is 12.1 Å². The highest BCUT2D eigenvalue weighted by molar-refractivity contribution is 6.04. The molecule has 0 aliphatic carbocycles. The van der Waals surface area contributed by atoms with Gasteiger partial charge >= 0.3 is 6.03 Å². The number of nitrogens with zero attached hydrogens (tertiary/aromatic N) is 2. The van der Waals surface area contributed by atoms with Gasteiger partial charge in [0.05, 0.1) is 18.4 Å². The lowest BCUT2D eigenvalue weighted by molar-refractivity contribution is -0.108. The van der Waals surface area contributed by atoms with Crippen molar-refractivity contribution in [3.8, 4) is 0 Å². The standard InChI is InChI=1S/C13H21N3O3/c1-4-11-12(14-2)10(6-9-19-11)16(7-5-8-17)13(18)15-3/h4,8,10H,5-7,9H2,1-3H3,(H,15,18)/b11-4+,14-12?. The lowest BCUT2D eigenvalue weighted by Gasteiger charge is -2.35. The van der Waals surface area contributed by atoms with Crippen LogP contribution in [0.2, 0.25) is 0 Å². The highest BCUT2D eigenvalue weighted by Gasteiger charge is 2.32. The minimum Gasteiger partial charge on any atom is -0.492 e. The first-order valence-electron chi connectivity index (χ1n) is 6.37. The summed E-state index contributed by atoms with van der Waals surface area (Å²) in [5, 5.41) is 2.60. The molecule has 6 heteroatoms. The predicted octanol–water partition coefficient (Wildman–Crippen LogP) is 0.980. The molecular formula is C13H21N3O3. The summed E-state index contributed by atoms with van der Waals surface area (Å²) >= 11 is 0. The van der Waals surface area contributed by atoms with Gasteiger partial charge in [-0.05, 0) is 13.0 Å². The lowest BCUT2D eigenvalue weighted by atomic mass is 10.0. The number of carbonyl (C=O) groups excluding carboxylic acids is 2. The SMILES string of the molecule is C/C=C1/OCCC(N(CCC=O)C(=O)NC)C1=NC. The van der Waals surface area contributed by atoms with Gasteiger partial charge in [-0.2, -0.15) is 0 Å². The van der Waals surface area contributed by atoms with Crippen LogP contribution in [0, 0.1) is 0 Å². The number of aldehydes is 1. The number of aliphatic imine (C=N–C) groups is 1. The minimum absolute atomic E-state index is 0.148. The van der Waals surface area contributed by atoms with Crippen LogP contribution >= 0.6 is 0 Å². The van der Waals surface area contributed by atoms with E-state index in [4.69, 9.17) is 4.74 Å². The van der Waals surface area contributed by atoms with Crippen LogP contribution in [0.15, 0.2) is 16.8 Å². The molecule has 1 N–H and O–H groups in total. The van der Waals surface area contributed by atoms with E-state index in [2.05, 4.69) is 10.3 Å². The largest absolute Gasteiger partial charge is 0.492 e. The highest BCUT2D eigenvalue weighted by atomic mass is 16.5. The summed E-state index contributed by atoms with van der Waals surface area (Å²) < 4.78 is 5.53. The summed E-state index contributed by atoms with van der Waals surface area (Å²) in [7, 11) is 3.26. The van der Waals surface area contributed by atoms with Crippen molar-refractivity contribution in [2.45, 2.75) is 25.8 Å². The first-order valence-corrected chi connectivity index (χ1v) is 6.37. The van der Waals surface area contributed by atoms with Crippen molar-refractivity contribution in [2.24, 2.45) is 4.99 Å². The Morgan fingerprint density at radius 2 is 2.37 bits per heavy atom. The number of hydrogen-bond acceptors (Lipinski definition) is 4.